The third-order valence-corrected chi connectivity index (χ3v) is 3.07. The Balaban J connectivity index is 1.70. The summed E-state index contributed by atoms with van der Waals surface area (Å²) >= 11 is 0. The molecule has 1 aliphatic rings. The molecule has 2 aromatic rings. The number of carbonyl (C=O) groups excluding carboxylic acids is 2. The molecule has 0 spiro atoms. The first-order chi connectivity index (χ1) is 9.24. The van der Waals surface area contributed by atoms with Gasteiger partial charge in [0.2, 0.25) is 0 Å². The topological polar surface area (TPSA) is 81.3 Å². The smallest absolute Gasteiger partial charge is 0.340 e. The molecule has 0 bridgehead atoms. The summed E-state index contributed by atoms with van der Waals surface area (Å²) in [5.41, 5.74) is 1.08. The molecular formula is C13H12N2O4. The number of carbonyl (C=O) groups is 2. The largest absolute Gasteiger partial charge is 0.459 e. The van der Waals surface area contributed by atoms with Crippen molar-refractivity contribution in [2.45, 2.75) is 18.9 Å². The Labute approximate surface area is 108 Å². The van der Waals surface area contributed by atoms with Gasteiger partial charge in [-0.2, -0.15) is 5.10 Å². The van der Waals surface area contributed by atoms with E-state index in [1.807, 2.05) is 6.07 Å². The fourth-order valence-corrected chi connectivity index (χ4v) is 2.09. The first kappa shape index (κ1) is 11.7. The Hall–Kier alpha value is -2.37. The highest BCUT2D eigenvalue weighted by atomic mass is 16.6. The van der Waals surface area contributed by atoms with Crippen LogP contribution in [0.5, 0.6) is 0 Å². The van der Waals surface area contributed by atoms with Crippen molar-refractivity contribution in [3.8, 4) is 0 Å². The summed E-state index contributed by atoms with van der Waals surface area (Å²) in [6.45, 7) is 0.0924. The number of fused-ring (bicyclic) bond motifs is 1. The summed E-state index contributed by atoms with van der Waals surface area (Å²) in [6, 6.07) is 5.29. The van der Waals surface area contributed by atoms with Gasteiger partial charge in [0.1, 0.15) is 12.7 Å². The van der Waals surface area contributed by atoms with Gasteiger partial charge in [-0.15, -0.1) is 0 Å². The molecule has 1 N–H and O–H groups in total. The van der Waals surface area contributed by atoms with E-state index in [1.165, 1.54) is 0 Å². The molecule has 1 fully saturated rings. The summed E-state index contributed by atoms with van der Waals surface area (Å²) in [7, 11) is 0. The minimum atomic E-state index is -0.446. The zero-order valence-electron chi connectivity index (χ0n) is 10.1. The third kappa shape index (κ3) is 2.29. The van der Waals surface area contributed by atoms with Crippen LogP contribution >= 0.6 is 0 Å². The first-order valence-corrected chi connectivity index (χ1v) is 6.03. The standard InChI is InChI=1S/C13H12N2O4/c16-11-5-4-9(19-11)7-18-13(17)10-3-1-2-8-6-14-15-12(8)10/h1-3,6,9H,4-5,7H2,(H,14,15). The number of hydrogen-bond acceptors (Lipinski definition) is 5. The number of aromatic nitrogens is 2. The van der Waals surface area contributed by atoms with Crippen LogP contribution in [0, 0.1) is 0 Å². The van der Waals surface area contributed by atoms with Gasteiger partial charge < -0.3 is 9.47 Å². The number of hydrogen-bond donors (Lipinski definition) is 1. The van der Waals surface area contributed by atoms with Crippen molar-refractivity contribution < 1.29 is 19.1 Å². The average molecular weight is 260 g/mol. The quantitative estimate of drug-likeness (QED) is 0.844. The second-order valence-corrected chi connectivity index (χ2v) is 4.39. The second-order valence-electron chi connectivity index (χ2n) is 4.39. The van der Waals surface area contributed by atoms with E-state index >= 15 is 0 Å². The van der Waals surface area contributed by atoms with E-state index in [-0.39, 0.29) is 18.7 Å². The highest BCUT2D eigenvalue weighted by Gasteiger charge is 2.25. The molecule has 1 saturated heterocycles. The molecule has 98 valence electrons. The molecule has 0 aliphatic carbocycles. The predicted molar refractivity (Wildman–Crippen MR) is 65.5 cm³/mol. The maximum atomic E-state index is 12.0. The van der Waals surface area contributed by atoms with E-state index in [0.717, 1.165) is 5.39 Å². The van der Waals surface area contributed by atoms with Crippen LogP contribution in [-0.2, 0) is 14.3 Å². The lowest BCUT2D eigenvalue weighted by Crippen LogP contribution is -2.18. The molecule has 1 atom stereocenters. The lowest BCUT2D eigenvalue weighted by atomic mass is 10.1. The van der Waals surface area contributed by atoms with Crippen LogP contribution in [0.3, 0.4) is 0 Å². The van der Waals surface area contributed by atoms with E-state index < -0.39 is 5.97 Å². The molecule has 6 nitrogen and oxygen atoms in total. The van der Waals surface area contributed by atoms with Crippen LogP contribution < -0.4 is 0 Å². The van der Waals surface area contributed by atoms with Gasteiger partial charge in [-0.3, -0.25) is 9.89 Å². The van der Waals surface area contributed by atoms with Crippen LogP contribution in [0.15, 0.2) is 24.4 Å². The van der Waals surface area contributed by atoms with Gasteiger partial charge >= 0.3 is 11.9 Å². The monoisotopic (exact) mass is 260 g/mol. The normalized spacial score (nSPS) is 18.5. The molecule has 1 aromatic heterocycles. The highest BCUT2D eigenvalue weighted by molar-refractivity contribution is 6.02. The SMILES string of the molecule is O=C1CCC(COC(=O)c2cccc3cn[nH]c23)O1. The summed E-state index contributed by atoms with van der Waals surface area (Å²) in [5, 5.41) is 7.51. The van der Waals surface area contributed by atoms with Gasteiger partial charge in [0.05, 0.1) is 17.3 Å². The molecule has 3 rings (SSSR count). The molecule has 6 heteroatoms. The minimum absolute atomic E-state index is 0.0924. The lowest BCUT2D eigenvalue weighted by molar-refractivity contribution is -0.142. The van der Waals surface area contributed by atoms with Crippen molar-refractivity contribution in [3.05, 3.63) is 30.0 Å². The predicted octanol–water partition coefficient (Wildman–Crippen LogP) is 1.43. The Morgan fingerprint density at radius 3 is 3.21 bits per heavy atom. The maximum absolute atomic E-state index is 12.0. The number of benzene rings is 1. The Morgan fingerprint density at radius 1 is 1.53 bits per heavy atom. The van der Waals surface area contributed by atoms with Crippen molar-refractivity contribution in [2.75, 3.05) is 6.61 Å². The van der Waals surface area contributed by atoms with Crippen LogP contribution in [0.25, 0.3) is 10.9 Å². The molecule has 1 aromatic carbocycles. The zero-order chi connectivity index (χ0) is 13.2. The van der Waals surface area contributed by atoms with E-state index in [0.29, 0.717) is 23.9 Å². The Kier molecular flexibility index (Phi) is 2.91. The van der Waals surface area contributed by atoms with Gasteiger partial charge in [-0.1, -0.05) is 12.1 Å². The summed E-state index contributed by atoms with van der Waals surface area (Å²) in [6.07, 6.45) is 2.31. The molecule has 1 aliphatic heterocycles. The van der Waals surface area contributed by atoms with Gasteiger partial charge in [0.15, 0.2) is 0 Å². The molecular weight excluding hydrogens is 248 g/mol. The molecule has 1 unspecified atom stereocenters. The summed E-state index contributed by atoms with van der Waals surface area (Å²) in [5.74, 6) is -0.686. The number of ether oxygens (including phenoxy) is 2. The lowest BCUT2D eigenvalue weighted by Gasteiger charge is -2.10. The number of para-hydroxylation sites is 1. The van der Waals surface area contributed by atoms with E-state index in [9.17, 15) is 9.59 Å². The number of nitrogens with one attached hydrogen (secondary N) is 1. The Bertz CT molecular complexity index is 634. The molecule has 0 saturated carbocycles. The second kappa shape index (κ2) is 4.72. The Morgan fingerprint density at radius 2 is 2.42 bits per heavy atom. The maximum Gasteiger partial charge on any atom is 0.340 e. The fourth-order valence-electron chi connectivity index (χ4n) is 2.09. The van der Waals surface area contributed by atoms with Crippen molar-refractivity contribution in [1.29, 1.82) is 0 Å². The van der Waals surface area contributed by atoms with Gasteiger partial charge in [0, 0.05) is 11.8 Å². The molecule has 0 radical (unpaired) electrons. The van der Waals surface area contributed by atoms with Crippen molar-refractivity contribution in [3.63, 3.8) is 0 Å². The third-order valence-electron chi connectivity index (χ3n) is 3.07. The van der Waals surface area contributed by atoms with Crippen molar-refractivity contribution >= 4 is 22.8 Å². The zero-order valence-corrected chi connectivity index (χ0v) is 10.1. The van der Waals surface area contributed by atoms with Gasteiger partial charge in [0.25, 0.3) is 0 Å². The number of cyclic esters (lactones) is 1. The molecule has 0 amide bonds. The number of H-pyrrole nitrogens is 1. The van der Waals surface area contributed by atoms with Crippen molar-refractivity contribution in [2.24, 2.45) is 0 Å². The van der Waals surface area contributed by atoms with Crippen LogP contribution in [0.4, 0.5) is 0 Å². The number of rotatable bonds is 3. The first-order valence-electron chi connectivity index (χ1n) is 6.03. The van der Waals surface area contributed by atoms with Crippen LogP contribution in [-0.4, -0.2) is 34.8 Å². The van der Waals surface area contributed by atoms with E-state index in [4.69, 9.17) is 9.47 Å². The van der Waals surface area contributed by atoms with Gasteiger partial charge in [-0.05, 0) is 12.5 Å². The van der Waals surface area contributed by atoms with Crippen LogP contribution in [0.2, 0.25) is 0 Å². The van der Waals surface area contributed by atoms with Crippen molar-refractivity contribution in [1.82, 2.24) is 10.2 Å². The highest BCUT2D eigenvalue weighted by Crippen LogP contribution is 2.18. The fraction of sp³-hybridized carbons (Fsp3) is 0.308. The number of nitrogens with zero attached hydrogens (tertiary/aromatic N) is 1. The van der Waals surface area contributed by atoms with Crippen LogP contribution in [0.1, 0.15) is 23.2 Å². The minimum Gasteiger partial charge on any atom is -0.459 e. The number of aromatic amines is 1. The average Bonchev–Trinajstić information content (AvgIpc) is 3.03. The van der Waals surface area contributed by atoms with E-state index in [1.54, 1.807) is 18.3 Å². The molecule has 19 heavy (non-hydrogen) atoms. The summed E-state index contributed by atoms with van der Waals surface area (Å²) < 4.78 is 10.2. The van der Waals surface area contributed by atoms with Gasteiger partial charge in [-0.25, -0.2) is 4.79 Å². The summed E-state index contributed by atoms with van der Waals surface area (Å²) in [4.78, 5) is 22.9. The van der Waals surface area contributed by atoms with E-state index in [2.05, 4.69) is 10.2 Å². The number of esters is 2. The molecule has 2 heterocycles.